The number of nitrogens with zero attached hydrogens (tertiary/aromatic N) is 1. The third kappa shape index (κ3) is 4.49. The summed E-state index contributed by atoms with van der Waals surface area (Å²) in [5.41, 5.74) is 5.07. The number of amides is 1. The number of rotatable bonds is 6. The number of nitrogens with one attached hydrogen (secondary N) is 1. The van der Waals surface area contributed by atoms with E-state index >= 15 is 0 Å². The highest BCUT2D eigenvalue weighted by Crippen LogP contribution is 2.42. The smallest absolute Gasteiger partial charge is 0.238 e. The Hall–Kier alpha value is -2.54. The summed E-state index contributed by atoms with van der Waals surface area (Å²) in [4.78, 5) is 16.5. The van der Waals surface area contributed by atoms with E-state index in [2.05, 4.69) is 27.7 Å². The maximum absolute atomic E-state index is 13.1. The number of aryl methyl sites for hydroxylation is 2. The van der Waals surface area contributed by atoms with Gasteiger partial charge in [-0.25, -0.2) is 0 Å². The first kappa shape index (κ1) is 22.6. The van der Waals surface area contributed by atoms with Crippen LogP contribution < -0.4 is 14.8 Å². The number of methoxy groups -OCH3 is 2. The van der Waals surface area contributed by atoms with Gasteiger partial charge in [-0.05, 0) is 72.2 Å². The topological polar surface area (TPSA) is 50.8 Å². The first-order chi connectivity index (χ1) is 15.4. The zero-order valence-corrected chi connectivity index (χ0v) is 20.3. The molecule has 1 amide bonds. The summed E-state index contributed by atoms with van der Waals surface area (Å²) < 4.78 is 11.1. The van der Waals surface area contributed by atoms with Gasteiger partial charge >= 0.3 is 0 Å². The molecule has 168 valence electrons. The fraction of sp³-hybridized carbons (Fsp3) is 0.320. The summed E-state index contributed by atoms with van der Waals surface area (Å²) in [6.45, 7) is 4.98. The van der Waals surface area contributed by atoms with Crippen LogP contribution in [0.15, 0.2) is 41.8 Å². The second-order valence-electron chi connectivity index (χ2n) is 8.03. The van der Waals surface area contributed by atoms with Gasteiger partial charge in [0.2, 0.25) is 5.91 Å². The molecular formula is C25H27ClN2O3S. The first-order valence-corrected chi connectivity index (χ1v) is 11.8. The van der Waals surface area contributed by atoms with Gasteiger partial charge in [0.15, 0.2) is 11.5 Å². The molecule has 7 heteroatoms. The summed E-state index contributed by atoms with van der Waals surface area (Å²) in [6, 6.07) is 12.1. The quantitative estimate of drug-likeness (QED) is 0.507. The summed E-state index contributed by atoms with van der Waals surface area (Å²) >= 11 is 8.10. The van der Waals surface area contributed by atoms with Crippen molar-refractivity contribution in [2.24, 2.45) is 0 Å². The predicted molar refractivity (Wildman–Crippen MR) is 131 cm³/mol. The first-order valence-electron chi connectivity index (χ1n) is 10.5. The van der Waals surface area contributed by atoms with Crippen LogP contribution in [0, 0.1) is 13.8 Å². The van der Waals surface area contributed by atoms with Crippen LogP contribution in [0.1, 0.15) is 33.2 Å². The van der Waals surface area contributed by atoms with Gasteiger partial charge in [-0.2, -0.15) is 0 Å². The number of carbonyl (C=O) groups excluding carboxylic acids is 1. The van der Waals surface area contributed by atoms with E-state index in [0.717, 1.165) is 35.4 Å². The van der Waals surface area contributed by atoms with Crippen LogP contribution in [0.5, 0.6) is 11.5 Å². The van der Waals surface area contributed by atoms with Crippen molar-refractivity contribution in [2.75, 3.05) is 32.6 Å². The second-order valence-corrected chi connectivity index (χ2v) is 9.42. The molecule has 5 nitrogen and oxygen atoms in total. The number of benzene rings is 2. The summed E-state index contributed by atoms with van der Waals surface area (Å²) in [6.07, 6.45) is 0.829. The van der Waals surface area contributed by atoms with Gasteiger partial charge in [-0.1, -0.05) is 23.7 Å². The van der Waals surface area contributed by atoms with Gasteiger partial charge in [0, 0.05) is 11.4 Å². The minimum absolute atomic E-state index is 0.0288. The van der Waals surface area contributed by atoms with Crippen molar-refractivity contribution < 1.29 is 14.3 Å². The second kappa shape index (κ2) is 9.53. The van der Waals surface area contributed by atoms with Gasteiger partial charge in [0.1, 0.15) is 0 Å². The molecule has 0 aliphatic carbocycles. The standard InChI is InChI=1S/C25H27ClN2O3S/c1-15-10-16(2)24(19(26)11-15)27-23(29)14-28-8-7-17-12-20(30-3)21(31-4)13-18(17)25(28)22-6-5-9-32-22/h5-6,9-13,25H,7-8,14H2,1-4H3,(H,27,29)/t25-/m0/s1. The van der Waals surface area contributed by atoms with Crippen molar-refractivity contribution in [1.82, 2.24) is 4.90 Å². The van der Waals surface area contributed by atoms with Crippen molar-refractivity contribution in [3.63, 3.8) is 0 Å². The van der Waals surface area contributed by atoms with Crippen molar-refractivity contribution in [3.8, 4) is 11.5 Å². The molecule has 0 fully saturated rings. The molecule has 0 unspecified atom stereocenters. The van der Waals surface area contributed by atoms with Crippen molar-refractivity contribution in [2.45, 2.75) is 26.3 Å². The SMILES string of the molecule is COc1cc2c(cc1OC)[C@@H](c1cccs1)N(CC(=O)Nc1c(C)cc(C)cc1Cl)CC2. The van der Waals surface area contributed by atoms with E-state index in [1.54, 1.807) is 25.6 Å². The molecular weight excluding hydrogens is 444 g/mol. The molecule has 1 N–H and O–H groups in total. The third-order valence-electron chi connectivity index (χ3n) is 5.83. The van der Waals surface area contributed by atoms with Crippen LogP contribution in [0.3, 0.4) is 0 Å². The Morgan fingerprint density at radius 2 is 1.94 bits per heavy atom. The predicted octanol–water partition coefficient (Wildman–Crippen LogP) is 5.62. The van der Waals surface area contributed by atoms with E-state index in [-0.39, 0.29) is 18.5 Å². The number of fused-ring (bicyclic) bond motifs is 1. The van der Waals surface area contributed by atoms with E-state index in [1.807, 2.05) is 38.1 Å². The van der Waals surface area contributed by atoms with Gasteiger partial charge < -0.3 is 14.8 Å². The monoisotopic (exact) mass is 470 g/mol. The lowest BCUT2D eigenvalue weighted by atomic mass is 9.91. The van der Waals surface area contributed by atoms with Crippen LogP contribution in [0.2, 0.25) is 5.02 Å². The van der Waals surface area contributed by atoms with E-state index in [1.165, 1.54) is 10.4 Å². The molecule has 1 aliphatic heterocycles. The van der Waals surface area contributed by atoms with E-state index in [9.17, 15) is 4.79 Å². The lowest BCUT2D eigenvalue weighted by Gasteiger charge is -2.37. The highest BCUT2D eigenvalue weighted by atomic mass is 35.5. The summed E-state index contributed by atoms with van der Waals surface area (Å²) in [5.74, 6) is 1.34. The number of ether oxygens (including phenoxy) is 2. The van der Waals surface area contributed by atoms with Gasteiger partial charge in [-0.15, -0.1) is 11.3 Å². The zero-order valence-electron chi connectivity index (χ0n) is 18.7. The fourth-order valence-electron chi connectivity index (χ4n) is 4.39. The Labute approximate surface area is 197 Å². The lowest BCUT2D eigenvalue weighted by molar-refractivity contribution is -0.117. The molecule has 0 spiro atoms. The Morgan fingerprint density at radius 3 is 2.59 bits per heavy atom. The molecule has 0 saturated carbocycles. The summed E-state index contributed by atoms with van der Waals surface area (Å²) in [5, 5.41) is 5.66. The number of thiophene rings is 1. The molecule has 0 radical (unpaired) electrons. The zero-order chi connectivity index (χ0) is 22.8. The number of halogens is 1. The number of carbonyl (C=O) groups is 1. The van der Waals surface area contributed by atoms with E-state index < -0.39 is 0 Å². The molecule has 0 bridgehead atoms. The van der Waals surface area contributed by atoms with Gasteiger partial charge in [-0.3, -0.25) is 9.69 Å². The Kier molecular flexibility index (Phi) is 6.74. The average molecular weight is 471 g/mol. The molecule has 2 heterocycles. The average Bonchev–Trinajstić information content (AvgIpc) is 3.29. The molecule has 1 aromatic heterocycles. The maximum atomic E-state index is 13.1. The van der Waals surface area contributed by atoms with Crippen molar-refractivity contribution >= 4 is 34.5 Å². The normalized spacial score (nSPS) is 15.8. The minimum Gasteiger partial charge on any atom is -0.493 e. The molecule has 32 heavy (non-hydrogen) atoms. The van der Waals surface area contributed by atoms with Gasteiger partial charge in [0.25, 0.3) is 0 Å². The van der Waals surface area contributed by atoms with Crippen LogP contribution in [0.25, 0.3) is 0 Å². The van der Waals surface area contributed by atoms with Crippen LogP contribution >= 0.6 is 22.9 Å². The minimum atomic E-state index is -0.0793. The number of hydrogen-bond acceptors (Lipinski definition) is 5. The molecule has 1 atom stereocenters. The van der Waals surface area contributed by atoms with E-state index in [4.69, 9.17) is 21.1 Å². The fourth-order valence-corrected chi connectivity index (χ4v) is 5.63. The largest absolute Gasteiger partial charge is 0.493 e. The number of hydrogen-bond donors (Lipinski definition) is 1. The highest BCUT2D eigenvalue weighted by molar-refractivity contribution is 7.10. The van der Waals surface area contributed by atoms with Crippen LogP contribution in [-0.2, 0) is 11.2 Å². The Morgan fingerprint density at radius 1 is 1.19 bits per heavy atom. The van der Waals surface area contributed by atoms with Crippen LogP contribution in [0.4, 0.5) is 5.69 Å². The lowest BCUT2D eigenvalue weighted by Crippen LogP contribution is -2.41. The Bertz CT molecular complexity index is 1110. The third-order valence-corrected chi connectivity index (χ3v) is 7.05. The van der Waals surface area contributed by atoms with E-state index in [0.29, 0.717) is 16.5 Å². The molecule has 2 aromatic carbocycles. The molecule has 1 aliphatic rings. The number of anilines is 1. The van der Waals surface area contributed by atoms with Crippen molar-refractivity contribution in [3.05, 3.63) is 73.9 Å². The highest BCUT2D eigenvalue weighted by Gasteiger charge is 2.32. The summed E-state index contributed by atoms with van der Waals surface area (Å²) in [7, 11) is 3.30. The molecule has 0 saturated heterocycles. The van der Waals surface area contributed by atoms with Crippen LogP contribution in [-0.4, -0.2) is 38.1 Å². The molecule has 3 aromatic rings. The van der Waals surface area contributed by atoms with Crippen molar-refractivity contribution in [1.29, 1.82) is 0 Å². The maximum Gasteiger partial charge on any atom is 0.238 e. The van der Waals surface area contributed by atoms with Gasteiger partial charge in [0.05, 0.1) is 37.5 Å². The molecule has 4 rings (SSSR count). The Balaban J connectivity index is 1.64.